The lowest BCUT2D eigenvalue weighted by Crippen LogP contribution is -2.28. The van der Waals surface area contributed by atoms with Crippen molar-refractivity contribution in [3.05, 3.63) is 66.0 Å². The van der Waals surface area contributed by atoms with E-state index in [0.717, 1.165) is 16.8 Å². The molecule has 7 nitrogen and oxygen atoms in total. The molecule has 0 radical (unpaired) electrons. The lowest BCUT2D eigenvalue weighted by atomic mass is 10.0. The van der Waals surface area contributed by atoms with Gasteiger partial charge in [0.1, 0.15) is 11.4 Å². The number of anilines is 3. The molecule has 0 unspecified atom stereocenters. The molecule has 0 atom stereocenters. The van der Waals surface area contributed by atoms with Crippen molar-refractivity contribution in [2.45, 2.75) is 33.3 Å². The number of ether oxygens (including phenoxy) is 1. The maximum Gasteiger partial charge on any atom is 0.412 e. The van der Waals surface area contributed by atoms with Gasteiger partial charge in [-0.15, -0.1) is 0 Å². The Hall–Kier alpha value is -3.94. The molecule has 32 heavy (non-hydrogen) atoms. The predicted octanol–water partition coefficient (Wildman–Crippen LogP) is 5.54. The van der Waals surface area contributed by atoms with Crippen molar-refractivity contribution in [1.29, 1.82) is 0 Å². The maximum atomic E-state index is 14.3. The number of fused-ring (bicyclic) bond motifs is 1. The van der Waals surface area contributed by atoms with Gasteiger partial charge in [0.25, 0.3) is 5.91 Å². The summed E-state index contributed by atoms with van der Waals surface area (Å²) in [6.07, 6.45) is -0.722. The van der Waals surface area contributed by atoms with Crippen LogP contribution in [0.4, 0.5) is 26.2 Å². The zero-order valence-corrected chi connectivity index (χ0v) is 18.2. The Kier molecular flexibility index (Phi) is 6.43. The first kappa shape index (κ1) is 22.7. The van der Waals surface area contributed by atoms with Crippen molar-refractivity contribution < 1.29 is 23.5 Å². The van der Waals surface area contributed by atoms with Crippen LogP contribution in [-0.4, -0.2) is 23.5 Å². The molecule has 0 aliphatic rings. The minimum atomic E-state index is -0.726. The monoisotopic (exact) mass is 437 g/mol. The summed E-state index contributed by atoms with van der Waals surface area (Å²) < 4.78 is 19.6. The van der Waals surface area contributed by atoms with Gasteiger partial charge in [0.05, 0.1) is 16.9 Å². The van der Waals surface area contributed by atoms with Crippen LogP contribution in [0.15, 0.2) is 54.6 Å². The second-order valence-corrected chi connectivity index (χ2v) is 8.20. The summed E-state index contributed by atoms with van der Waals surface area (Å²) in [5.74, 6) is -1.64. The SMILES string of the molecule is CC(=O)Nc1ccc(F)c(NC(=O)c2cc3ccccc3cc2NC(=O)OC(C)(C)C)c1. The highest BCUT2D eigenvalue weighted by Crippen LogP contribution is 2.27. The third kappa shape index (κ3) is 5.81. The van der Waals surface area contributed by atoms with E-state index in [-0.39, 0.29) is 22.8 Å². The van der Waals surface area contributed by atoms with Gasteiger partial charge in [-0.05, 0) is 61.9 Å². The third-order valence-electron chi connectivity index (χ3n) is 4.30. The van der Waals surface area contributed by atoms with E-state index >= 15 is 0 Å². The summed E-state index contributed by atoms with van der Waals surface area (Å²) in [6, 6.07) is 14.4. The second kappa shape index (κ2) is 9.05. The summed E-state index contributed by atoms with van der Waals surface area (Å²) in [6.45, 7) is 6.51. The molecule has 0 heterocycles. The number of amides is 3. The van der Waals surface area contributed by atoms with E-state index in [0.29, 0.717) is 5.69 Å². The largest absolute Gasteiger partial charge is 0.444 e. The quantitative estimate of drug-likeness (QED) is 0.499. The zero-order valence-electron chi connectivity index (χ0n) is 18.2. The number of rotatable bonds is 4. The van der Waals surface area contributed by atoms with Crippen LogP contribution in [0.3, 0.4) is 0 Å². The van der Waals surface area contributed by atoms with E-state index in [9.17, 15) is 18.8 Å². The van der Waals surface area contributed by atoms with Crippen molar-refractivity contribution in [3.8, 4) is 0 Å². The number of carbonyl (C=O) groups is 3. The molecular formula is C24H24FN3O4. The fourth-order valence-corrected chi connectivity index (χ4v) is 3.04. The fourth-order valence-electron chi connectivity index (χ4n) is 3.04. The fraction of sp³-hybridized carbons (Fsp3) is 0.208. The predicted molar refractivity (Wildman–Crippen MR) is 122 cm³/mol. The highest BCUT2D eigenvalue weighted by Gasteiger charge is 2.20. The van der Waals surface area contributed by atoms with Gasteiger partial charge in [-0.25, -0.2) is 9.18 Å². The van der Waals surface area contributed by atoms with Crippen molar-refractivity contribution >= 4 is 45.7 Å². The molecule has 3 rings (SSSR count). The molecule has 0 bridgehead atoms. The minimum Gasteiger partial charge on any atom is -0.444 e. The van der Waals surface area contributed by atoms with E-state index in [1.807, 2.05) is 24.3 Å². The smallest absolute Gasteiger partial charge is 0.412 e. The Morgan fingerprint density at radius 1 is 0.844 bits per heavy atom. The summed E-state index contributed by atoms with van der Waals surface area (Å²) in [7, 11) is 0. The number of nitrogens with one attached hydrogen (secondary N) is 3. The van der Waals surface area contributed by atoms with Gasteiger partial charge >= 0.3 is 6.09 Å². The van der Waals surface area contributed by atoms with Gasteiger partial charge in [0, 0.05) is 12.6 Å². The van der Waals surface area contributed by atoms with Crippen molar-refractivity contribution in [2.75, 3.05) is 16.0 Å². The molecule has 3 amide bonds. The Morgan fingerprint density at radius 2 is 1.50 bits per heavy atom. The van der Waals surface area contributed by atoms with Gasteiger partial charge in [0.15, 0.2) is 0 Å². The van der Waals surface area contributed by atoms with Crippen LogP contribution >= 0.6 is 0 Å². The first-order valence-corrected chi connectivity index (χ1v) is 9.93. The third-order valence-corrected chi connectivity index (χ3v) is 4.30. The Morgan fingerprint density at radius 3 is 2.12 bits per heavy atom. The zero-order chi connectivity index (χ0) is 23.5. The number of carbonyl (C=O) groups excluding carboxylic acids is 3. The van der Waals surface area contributed by atoms with Crippen LogP contribution in [0.1, 0.15) is 38.1 Å². The standard InChI is InChI=1S/C24H24FN3O4/c1-14(29)26-17-9-10-19(25)21(13-17)27-22(30)18-11-15-7-5-6-8-16(15)12-20(18)28-23(31)32-24(2,3)4/h5-13H,1-4H3,(H,26,29)(H,27,30)(H,28,31). The number of hydrogen-bond acceptors (Lipinski definition) is 4. The van der Waals surface area contributed by atoms with Gasteiger partial charge < -0.3 is 15.4 Å². The molecule has 0 aliphatic carbocycles. The molecule has 0 saturated heterocycles. The molecule has 8 heteroatoms. The van der Waals surface area contributed by atoms with E-state index in [1.165, 1.54) is 19.1 Å². The summed E-state index contributed by atoms with van der Waals surface area (Å²) >= 11 is 0. The molecule has 3 aromatic carbocycles. The van der Waals surface area contributed by atoms with E-state index < -0.39 is 23.4 Å². The van der Waals surface area contributed by atoms with Crippen LogP contribution in [-0.2, 0) is 9.53 Å². The summed E-state index contributed by atoms with van der Waals surface area (Å²) in [5, 5.41) is 9.22. The van der Waals surface area contributed by atoms with Crippen molar-refractivity contribution in [1.82, 2.24) is 0 Å². The molecule has 3 N–H and O–H groups in total. The van der Waals surface area contributed by atoms with Gasteiger partial charge in [-0.2, -0.15) is 0 Å². The van der Waals surface area contributed by atoms with E-state index in [2.05, 4.69) is 16.0 Å². The van der Waals surface area contributed by atoms with Gasteiger partial charge in [0.2, 0.25) is 5.91 Å². The average Bonchev–Trinajstić information content (AvgIpc) is 2.68. The number of benzene rings is 3. The van der Waals surface area contributed by atoms with Gasteiger partial charge in [-0.1, -0.05) is 24.3 Å². The van der Waals surface area contributed by atoms with Crippen LogP contribution in [0.25, 0.3) is 10.8 Å². The van der Waals surface area contributed by atoms with Crippen molar-refractivity contribution in [3.63, 3.8) is 0 Å². The summed E-state index contributed by atoms with van der Waals surface area (Å²) in [5.41, 5.74) is -0.165. The molecule has 0 aliphatic heterocycles. The topological polar surface area (TPSA) is 96.5 Å². The van der Waals surface area contributed by atoms with Crippen LogP contribution < -0.4 is 16.0 Å². The molecule has 0 fully saturated rings. The molecule has 0 spiro atoms. The minimum absolute atomic E-state index is 0.113. The summed E-state index contributed by atoms with van der Waals surface area (Å²) in [4.78, 5) is 36.7. The molecular weight excluding hydrogens is 413 g/mol. The highest BCUT2D eigenvalue weighted by molar-refractivity contribution is 6.12. The molecule has 0 aromatic heterocycles. The van der Waals surface area contributed by atoms with E-state index in [1.54, 1.807) is 32.9 Å². The van der Waals surface area contributed by atoms with Crippen LogP contribution in [0, 0.1) is 5.82 Å². The van der Waals surface area contributed by atoms with Crippen LogP contribution in [0.5, 0.6) is 0 Å². The average molecular weight is 437 g/mol. The maximum absolute atomic E-state index is 14.3. The Labute approximate surface area is 185 Å². The Balaban J connectivity index is 1.96. The first-order chi connectivity index (χ1) is 15.0. The van der Waals surface area contributed by atoms with E-state index in [4.69, 9.17) is 4.74 Å². The van der Waals surface area contributed by atoms with Crippen molar-refractivity contribution in [2.24, 2.45) is 0 Å². The first-order valence-electron chi connectivity index (χ1n) is 9.93. The molecule has 166 valence electrons. The number of halogens is 1. The Bertz CT molecular complexity index is 1200. The highest BCUT2D eigenvalue weighted by atomic mass is 19.1. The lowest BCUT2D eigenvalue weighted by molar-refractivity contribution is -0.114. The molecule has 0 saturated carbocycles. The van der Waals surface area contributed by atoms with Crippen LogP contribution in [0.2, 0.25) is 0 Å². The normalized spacial score (nSPS) is 11.0. The second-order valence-electron chi connectivity index (χ2n) is 8.20. The number of hydrogen-bond donors (Lipinski definition) is 3. The van der Waals surface area contributed by atoms with Gasteiger partial charge in [-0.3, -0.25) is 14.9 Å². The lowest BCUT2D eigenvalue weighted by Gasteiger charge is -2.20. The molecule has 3 aromatic rings.